The quantitative estimate of drug-likeness (QED) is 0.615. The Labute approximate surface area is 156 Å². The average Bonchev–Trinajstić information content (AvgIpc) is 2.65. The van der Waals surface area contributed by atoms with E-state index in [1.165, 1.54) is 6.07 Å². The third kappa shape index (κ3) is 4.67. The Hall–Kier alpha value is -2.82. The van der Waals surface area contributed by atoms with Crippen LogP contribution in [0.1, 0.15) is 36.1 Å². The highest BCUT2D eigenvalue weighted by molar-refractivity contribution is 5.86. The van der Waals surface area contributed by atoms with Crippen LogP contribution in [0.4, 0.5) is 13.2 Å². The lowest BCUT2D eigenvalue weighted by Crippen LogP contribution is -2.27. The fraction of sp³-hybridized carbons (Fsp3) is 0.227. The lowest BCUT2D eigenvalue weighted by molar-refractivity contribution is -0.137. The van der Waals surface area contributed by atoms with Gasteiger partial charge in [0.15, 0.2) is 0 Å². The van der Waals surface area contributed by atoms with Gasteiger partial charge in [-0.05, 0) is 41.3 Å². The number of hydrogen-bond donors (Lipinski definition) is 1. The average molecular weight is 371 g/mol. The summed E-state index contributed by atoms with van der Waals surface area (Å²) in [6, 6.07) is 18.8. The van der Waals surface area contributed by atoms with Crippen LogP contribution in [-0.4, -0.2) is 5.91 Å². The summed E-state index contributed by atoms with van der Waals surface area (Å²) in [5.41, 5.74) is 0.822. The molecule has 0 radical (unpaired) electrons. The van der Waals surface area contributed by atoms with E-state index in [0.717, 1.165) is 28.5 Å². The maximum absolute atomic E-state index is 12.8. The highest BCUT2D eigenvalue weighted by Gasteiger charge is 2.30. The van der Waals surface area contributed by atoms with Crippen LogP contribution in [0.25, 0.3) is 10.8 Å². The van der Waals surface area contributed by atoms with E-state index < -0.39 is 11.7 Å². The van der Waals surface area contributed by atoms with Crippen molar-refractivity contribution in [3.63, 3.8) is 0 Å². The minimum absolute atomic E-state index is 0.135. The molecular formula is C22H20F3NO. The van der Waals surface area contributed by atoms with Crippen LogP contribution in [0.3, 0.4) is 0 Å². The number of aryl methyl sites for hydroxylation is 1. The number of fused-ring (bicyclic) bond motifs is 1. The number of rotatable bonds is 5. The molecule has 1 atom stereocenters. The molecule has 0 saturated heterocycles. The molecule has 3 rings (SSSR count). The molecule has 0 aliphatic heterocycles. The van der Waals surface area contributed by atoms with Crippen LogP contribution >= 0.6 is 0 Å². The molecule has 3 aromatic rings. The van der Waals surface area contributed by atoms with Crippen molar-refractivity contribution in [3.05, 3.63) is 83.4 Å². The summed E-state index contributed by atoms with van der Waals surface area (Å²) in [7, 11) is 0. The van der Waals surface area contributed by atoms with Crippen molar-refractivity contribution in [1.82, 2.24) is 5.32 Å². The van der Waals surface area contributed by atoms with E-state index >= 15 is 0 Å². The summed E-state index contributed by atoms with van der Waals surface area (Å²) in [6.45, 7) is 1.91. The molecule has 5 heteroatoms. The van der Waals surface area contributed by atoms with Gasteiger partial charge in [0, 0.05) is 6.42 Å². The molecule has 0 spiro atoms. The van der Waals surface area contributed by atoms with E-state index in [-0.39, 0.29) is 24.8 Å². The molecule has 0 heterocycles. The van der Waals surface area contributed by atoms with Crippen LogP contribution in [0.15, 0.2) is 66.7 Å². The van der Waals surface area contributed by atoms with Crippen LogP contribution in [0.5, 0.6) is 0 Å². The molecule has 0 fully saturated rings. The fourth-order valence-electron chi connectivity index (χ4n) is 3.18. The monoisotopic (exact) mass is 371 g/mol. The topological polar surface area (TPSA) is 29.1 Å². The third-order valence-corrected chi connectivity index (χ3v) is 4.56. The minimum atomic E-state index is -4.37. The van der Waals surface area contributed by atoms with Gasteiger partial charge in [0.1, 0.15) is 0 Å². The Morgan fingerprint density at radius 3 is 2.48 bits per heavy atom. The lowest BCUT2D eigenvalue weighted by Gasteiger charge is -2.17. The number of halogens is 3. The fourth-order valence-corrected chi connectivity index (χ4v) is 3.18. The molecule has 0 bridgehead atoms. The van der Waals surface area contributed by atoms with Crippen LogP contribution in [0.2, 0.25) is 0 Å². The number of amides is 1. The van der Waals surface area contributed by atoms with E-state index in [9.17, 15) is 18.0 Å². The summed E-state index contributed by atoms with van der Waals surface area (Å²) in [4.78, 5) is 12.3. The Kier molecular flexibility index (Phi) is 5.49. The summed E-state index contributed by atoms with van der Waals surface area (Å²) >= 11 is 0. The van der Waals surface area contributed by atoms with Gasteiger partial charge in [-0.25, -0.2) is 0 Å². The largest absolute Gasteiger partial charge is 0.416 e. The van der Waals surface area contributed by atoms with Crippen molar-refractivity contribution in [1.29, 1.82) is 0 Å². The van der Waals surface area contributed by atoms with E-state index in [2.05, 4.69) is 5.32 Å². The number of carbonyl (C=O) groups is 1. The number of hydrogen-bond acceptors (Lipinski definition) is 1. The zero-order valence-corrected chi connectivity index (χ0v) is 14.9. The Morgan fingerprint density at radius 1 is 1.00 bits per heavy atom. The van der Waals surface area contributed by atoms with Gasteiger partial charge in [-0.3, -0.25) is 4.79 Å². The number of carbonyl (C=O) groups excluding carboxylic acids is 1. The summed E-state index contributed by atoms with van der Waals surface area (Å²) in [5.74, 6) is -0.187. The minimum Gasteiger partial charge on any atom is -0.350 e. The zero-order chi connectivity index (χ0) is 19.4. The predicted octanol–water partition coefficient (Wildman–Crippen LogP) is 5.67. The van der Waals surface area contributed by atoms with Crippen LogP contribution in [0, 0.1) is 0 Å². The smallest absolute Gasteiger partial charge is 0.350 e. The number of alkyl halides is 3. The van der Waals surface area contributed by atoms with E-state index in [4.69, 9.17) is 0 Å². The SMILES string of the molecule is CC(NC(=O)CCc1cccc(C(F)(F)F)c1)c1cccc2ccccc12. The number of benzene rings is 3. The normalized spacial score (nSPS) is 12.7. The Balaban J connectivity index is 1.64. The maximum atomic E-state index is 12.8. The molecule has 0 aromatic heterocycles. The van der Waals surface area contributed by atoms with Crippen molar-refractivity contribution >= 4 is 16.7 Å². The molecular weight excluding hydrogens is 351 g/mol. The van der Waals surface area contributed by atoms with Gasteiger partial charge in [-0.1, -0.05) is 60.7 Å². The third-order valence-electron chi connectivity index (χ3n) is 4.56. The summed E-state index contributed by atoms with van der Waals surface area (Å²) in [6.07, 6.45) is -3.98. The molecule has 2 nitrogen and oxygen atoms in total. The van der Waals surface area contributed by atoms with Gasteiger partial charge in [-0.15, -0.1) is 0 Å². The molecule has 0 saturated carbocycles. The lowest BCUT2D eigenvalue weighted by atomic mass is 9.99. The Morgan fingerprint density at radius 2 is 1.70 bits per heavy atom. The first-order chi connectivity index (χ1) is 12.8. The van der Waals surface area contributed by atoms with Gasteiger partial charge in [0.05, 0.1) is 11.6 Å². The molecule has 1 N–H and O–H groups in total. The first kappa shape index (κ1) is 19.0. The van der Waals surface area contributed by atoms with Gasteiger partial charge in [0.2, 0.25) is 5.91 Å². The molecule has 0 aliphatic carbocycles. The van der Waals surface area contributed by atoms with Crippen molar-refractivity contribution in [3.8, 4) is 0 Å². The highest BCUT2D eigenvalue weighted by atomic mass is 19.4. The van der Waals surface area contributed by atoms with E-state index in [1.54, 1.807) is 6.07 Å². The van der Waals surface area contributed by atoms with Crippen molar-refractivity contribution in [2.24, 2.45) is 0 Å². The second-order valence-electron chi connectivity index (χ2n) is 6.56. The van der Waals surface area contributed by atoms with E-state index in [1.807, 2.05) is 49.4 Å². The molecule has 140 valence electrons. The molecule has 0 aliphatic rings. The van der Waals surface area contributed by atoms with Gasteiger partial charge >= 0.3 is 6.18 Å². The highest BCUT2D eigenvalue weighted by Crippen LogP contribution is 2.30. The van der Waals surface area contributed by atoms with Gasteiger partial charge in [-0.2, -0.15) is 13.2 Å². The summed E-state index contributed by atoms with van der Waals surface area (Å²) < 4.78 is 38.3. The van der Waals surface area contributed by atoms with Crippen LogP contribution in [-0.2, 0) is 17.4 Å². The second-order valence-corrected chi connectivity index (χ2v) is 6.56. The first-order valence-electron chi connectivity index (χ1n) is 8.78. The molecule has 1 unspecified atom stereocenters. The van der Waals surface area contributed by atoms with E-state index in [0.29, 0.717) is 5.56 Å². The first-order valence-corrected chi connectivity index (χ1v) is 8.78. The molecule has 3 aromatic carbocycles. The van der Waals surface area contributed by atoms with Crippen molar-refractivity contribution < 1.29 is 18.0 Å². The summed E-state index contributed by atoms with van der Waals surface area (Å²) in [5, 5.41) is 5.11. The van der Waals surface area contributed by atoms with Gasteiger partial charge < -0.3 is 5.32 Å². The standard InChI is InChI=1S/C22H20F3NO/c1-15(19-11-5-8-17-7-2-3-10-20(17)19)26-21(27)13-12-16-6-4-9-18(14-16)22(23,24)25/h2-11,14-15H,12-13H2,1H3,(H,26,27). The number of nitrogens with one attached hydrogen (secondary N) is 1. The maximum Gasteiger partial charge on any atom is 0.416 e. The Bertz CT molecular complexity index is 944. The van der Waals surface area contributed by atoms with Crippen molar-refractivity contribution in [2.45, 2.75) is 32.0 Å². The van der Waals surface area contributed by atoms with Crippen molar-refractivity contribution in [2.75, 3.05) is 0 Å². The van der Waals surface area contributed by atoms with Crippen LogP contribution < -0.4 is 5.32 Å². The molecule has 27 heavy (non-hydrogen) atoms. The van der Waals surface area contributed by atoms with Gasteiger partial charge in [0.25, 0.3) is 0 Å². The second kappa shape index (κ2) is 7.82. The zero-order valence-electron chi connectivity index (χ0n) is 14.9. The predicted molar refractivity (Wildman–Crippen MR) is 100 cm³/mol. The molecule has 1 amide bonds.